The lowest BCUT2D eigenvalue weighted by Crippen LogP contribution is -2.09. The van der Waals surface area contributed by atoms with E-state index < -0.39 is 0 Å². The average molecular weight is 375 g/mol. The van der Waals surface area contributed by atoms with Crippen LogP contribution < -0.4 is 0 Å². The Morgan fingerprint density at radius 1 is 1.41 bits per heavy atom. The van der Waals surface area contributed by atoms with Gasteiger partial charge in [0, 0.05) is 10.7 Å². The van der Waals surface area contributed by atoms with Crippen molar-refractivity contribution in [2.75, 3.05) is 0 Å². The van der Waals surface area contributed by atoms with Crippen molar-refractivity contribution < 1.29 is 4.79 Å². The Bertz CT molecular complexity index is 519. The van der Waals surface area contributed by atoms with Gasteiger partial charge in [-0.2, -0.15) is 0 Å². The lowest BCUT2D eigenvalue weighted by molar-refractivity contribution is 0.0968. The van der Waals surface area contributed by atoms with Gasteiger partial charge in [-0.25, -0.2) is 0 Å². The largest absolute Gasteiger partial charge is 0.293 e. The predicted octanol–water partition coefficient (Wildman–Crippen LogP) is 4.65. The number of halogens is 2. The van der Waals surface area contributed by atoms with Gasteiger partial charge in [0.2, 0.25) is 0 Å². The minimum Gasteiger partial charge on any atom is -0.293 e. The molecule has 0 fully saturated rings. The Balaban J connectivity index is 2.26. The molecule has 2 aromatic heterocycles. The van der Waals surface area contributed by atoms with Crippen molar-refractivity contribution in [3.8, 4) is 0 Å². The molecule has 17 heavy (non-hydrogen) atoms. The van der Waals surface area contributed by atoms with E-state index in [9.17, 15) is 4.79 Å². The molecule has 2 rings (SSSR count). The summed E-state index contributed by atoms with van der Waals surface area (Å²) in [6, 6.07) is 7.46. The van der Waals surface area contributed by atoms with E-state index in [-0.39, 0.29) is 11.7 Å². The van der Waals surface area contributed by atoms with Crippen LogP contribution in [-0.4, -0.2) is 10.8 Å². The van der Waals surface area contributed by atoms with Gasteiger partial charge in [-0.05, 0) is 57.0 Å². The summed E-state index contributed by atoms with van der Waals surface area (Å²) < 4.78 is 1.85. The van der Waals surface area contributed by atoms with E-state index in [1.165, 1.54) is 11.3 Å². The Kier molecular flexibility index (Phi) is 4.12. The number of hydrogen-bond acceptors (Lipinski definition) is 3. The van der Waals surface area contributed by atoms with E-state index in [2.05, 4.69) is 36.8 Å². The summed E-state index contributed by atoms with van der Waals surface area (Å²) in [4.78, 5) is 17.2. The van der Waals surface area contributed by atoms with E-state index in [4.69, 9.17) is 0 Å². The quantitative estimate of drug-likeness (QED) is 0.731. The van der Waals surface area contributed by atoms with E-state index in [1.54, 1.807) is 6.20 Å². The van der Waals surface area contributed by atoms with Gasteiger partial charge < -0.3 is 0 Å². The summed E-state index contributed by atoms with van der Waals surface area (Å²) in [5, 5.41) is 0. The summed E-state index contributed by atoms with van der Waals surface area (Å²) in [5.74, 6) is -0.117. The first-order valence-corrected chi connectivity index (χ1v) is 7.40. The van der Waals surface area contributed by atoms with Gasteiger partial charge in [-0.3, -0.25) is 9.78 Å². The second-order valence-corrected chi connectivity index (χ2v) is 6.80. The summed E-state index contributed by atoms with van der Waals surface area (Å²) >= 11 is 8.22. The van der Waals surface area contributed by atoms with Crippen molar-refractivity contribution >= 4 is 49.0 Å². The molecule has 1 unspecified atom stereocenters. The van der Waals surface area contributed by atoms with Crippen LogP contribution in [0.25, 0.3) is 0 Å². The number of carbonyl (C=O) groups is 1. The lowest BCUT2D eigenvalue weighted by Gasteiger charge is -2.07. The number of thiophene rings is 1. The highest BCUT2D eigenvalue weighted by Crippen LogP contribution is 2.34. The summed E-state index contributed by atoms with van der Waals surface area (Å²) in [7, 11) is 0. The molecule has 88 valence electrons. The van der Waals surface area contributed by atoms with E-state index in [0.717, 1.165) is 18.8 Å². The number of ketones is 1. The van der Waals surface area contributed by atoms with E-state index in [0.29, 0.717) is 0 Å². The fourth-order valence-electron chi connectivity index (χ4n) is 1.45. The summed E-state index contributed by atoms with van der Waals surface area (Å²) in [6.45, 7) is 1.88. The molecular formula is C12H9Br2NOS. The zero-order valence-electron chi connectivity index (χ0n) is 8.98. The maximum Gasteiger partial charge on any atom is 0.181 e. The third-order valence-electron chi connectivity index (χ3n) is 2.41. The molecule has 0 spiro atoms. The van der Waals surface area contributed by atoms with Crippen LogP contribution in [0.4, 0.5) is 0 Å². The second-order valence-electron chi connectivity index (χ2n) is 3.57. The number of carbonyl (C=O) groups excluding carboxylic acids is 1. The van der Waals surface area contributed by atoms with Crippen LogP contribution in [0.15, 0.2) is 38.7 Å². The molecule has 0 aliphatic carbocycles. The van der Waals surface area contributed by atoms with Crippen molar-refractivity contribution in [2.45, 2.75) is 12.8 Å². The number of nitrogens with zero attached hydrogens (tertiary/aromatic N) is 1. The Morgan fingerprint density at radius 3 is 2.71 bits per heavy atom. The highest BCUT2D eigenvalue weighted by Gasteiger charge is 2.20. The number of hydrogen-bond donors (Lipinski definition) is 0. The number of rotatable bonds is 3. The van der Waals surface area contributed by atoms with Crippen molar-refractivity contribution in [1.82, 2.24) is 4.98 Å². The molecule has 0 bridgehead atoms. The predicted molar refractivity (Wildman–Crippen MR) is 76.7 cm³/mol. The SMILES string of the molecule is CC(C(=O)c1cc(Br)c(Br)s1)c1ccccn1. The Morgan fingerprint density at radius 2 is 2.18 bits per heavy atom. The monoisotopic (exact) mass is 373 g/mol. The Labute approximate surface area is 120 Å². The number of Topliss-reactive ketones (excluding diaryl/α,β-unsaturated/α-hetero) is 1. The van der Waals surface area contributed by atoms with Gasteiger partial charge in [-0.15, -0.1) is 11.3 Å². The minimum atomic E-state index is -0.214. The topological polar surface area (TPSA) is 30.0 Å². The Hall–Kier alpha value is -0.520. The normalized spacial score (nSPS) is 12.4. The van der Waals surface area contributed by atoms with Crippen LogP contribution >= 0.6 is 43.2 Å². The van der Waals surface area contributed by atoms with Crippen LogP contribution in [0, 0.1) is 0 Å². The molecule has 1 atom stereocenters. The fourth-order valence-corrected chi connectivity index (χ4v) is 3.51. The highest BCUT2D eigenvalue weighted by atomic mass is 79.9. The highest BCUT2D eigenvalue weighted by molar-refractivity contribution is 9.13. The van der Waals surface area contributed by atoms with Gasteiger partial charge >= 0.3 is 0 Å². The lowest BCUT2D eigenvalue weighted by atomic mass is 10.0. The first-order chi connectivity index (χ1) is 8.09. The molecule has 2 nitrogen and oxygen atoms in total. The third kappa shape index (κ3) is 2.84. The van der Waals surface area contributed by atoms with Crippen molar-refractivity contribution in [3.63, 3.8) is 0 Å². The molecule has 5 heteroatoms. The van der Waals surface area contributed by atoms with Crippen LogP contribution in [-0.2, 0) is 0 Å². The van der Waals surface area contributed by atoms with Gasteiger partial charge in [0.15, 0.2) is 5.78 Å². The maximum absolute atomic E-state index is 12.2. The molecule has 2 aromatic rings. The summed E-state index contributed by atoms with van der Waals surface area (Å²) in [6.07, 6.45) is 1.71. The molecule has 0 aliphatic rings. The molecule has 2 heterocycles. The van der Waals surface area contributed by atoms with Crippen LogP contribution in [0.3, 0.4) is 0 Å². The zero-order chi connectivity index (χ0) is 12.4. The van der Waals surface area contributed by atoms with Gasteiger partial charge in [0.1, 0.15) is 0 Å². The maximum atomic E-state index is 12.2. The number of aromatic nitrogens is 1. The molecule has 0 radical (unpaired) electrons. The number of pyridine rings is 1. The molecule has 0 N–H and O–H groups in total. The second kappa shape index (κ2) is 5.42. The van der Waals surface area contributed by atoms with E-state index in [1.807, 2.05) is 31.2 Å². The molecule has 0 saturated carbocycles. The van der Waals surface area contributed by atoms with Crippen LogP contribution in [0.1, 0.15) is 28.2 Å². The molecular weight excluding hydrogens is 366 g/mol. The standard InChI is InChI=1S/C12H9Br2NOS/c1-7(9-4-2-3-5-15-9)11(16)10-6-8(13)12(14)17-10/h2-7H,1H3. The van der Waals surface area contributed by atoms with Crippen molar-refractivity contribution in [3.05, 3.63) is 49.3 Å². The molecule has 0 amide bonds. The zero-order valence-corrected chi connectivity index (χ0v) is 13.0. The smallest absolute Gasteiger partial charge is 0.181 e. The molecule has 0 aliphatic heterocycles. The third-order valence-corrected chi connectivity index (χ3v) is 5.68. The molecule has 0 aromatic carbocycles. The fraction of sp³-hybridized carbons (Fsp3) is 0.167. The van der Waals surface area contributed by atoms with E-state index >= 15 is 0 Å². The minimum absolute atomic E-state index is 0.0973. The first kappa shape index (κ1) is 12.9. The van der Waals surface area contributed by atoms with Gasteiger partial charge in [0.25, 0.3) is 0 Å². The van der Waals surface area contributed by atoms with Crippen LogP contribution in [0.2, 0.25) is 0 Å². The molecule has 0 saturated heterocycles. The first-order valence-electron chi connectivity index (χ1n) is 4.99. The van der Waals surface area contributed by atoms with Crippen molar-refractivity contribution in [2.24, 2.45) is 0 Å². The van der Waals surface area contributed by atoms with Gasteiger partial charge in [-0.1, -0.05) is 6.07 Å². The van der Waals surface area contributed by atoms with Gasteiger partial charge in [0.05, 0.1) is 20.3 Å². The van der Waals surface area contributed by atoms with Crippen molar-refractivity contribution in [1.29, 1.82) is 0 Å². The average Bonchev–Trinajstić information content (AvgIpc) is 2.69. The summed E-state index contributed by atoms with van der Waals surface area (Å²) in [5.41, 5.74) is 0.804. The van der Waals surface area contributed by atoms with Crippen LogP contribution in [0.5, 0.6) is 0 Å².